The molecule has 0 saturated carbocycles. The number of rotatable bonds is 4. The fraction of sp³-hybridized carbons (Fsp3) is 0.105. The van der Waals surface area contributed by atoms with E-state index in [1.807, 2.05) is 0 Å². The van der Waals surface area contributed by atoms with E-state index < -0.39 is 17.7 Å². The first-order valence-electron chi connectivity index (χ1n) is 7.97. The van der Waals surface area contributed by atoms with Crippen LogP contribution in [-0.2, 0) is 4.79 Å². The van der Waals surface area contributed by atoms with Gasteiger partial charge in [0, 0.05) is 17.3 Å². The summed E-state index contributed by atoms with van der Waals surface area (Å²) in [6.07, 6.45) is -4.09. The Hall–Kier alpha value is -3.42. The Labute approximate surface area is 153 Å². The molecule has 0 bridgehead atoms. The van der Waals surface area contributed by atoms with Crippen LogP contribution in [0.4, 0.5) is 18.9 Å². The average molecular weight is 372 g/mol. The van der Waals surface area contributed by atoms with Crippen LogP contribution in [0.1, 0.15) is 11.4 Å². The molecule has 0 aliphatic heterocycles. The van der Waals surface area contributed by atoms with Crippen molar-refractivity contribution in [1.82, 2.24) is 15.2 Å². The molecule has 2 N–H and O–H groups in total. The molecule has 27 heavy (non-hydrogen) atoms. The number of amides is 1. The van der Waals surface area contributed by atoms with E-state index in [4.69, 9.17) is 0 Å². The average Bonchev–Trinajstić information content (AvgIpc) is 3.06. The molecule has 5 nitrogen and oxygen atoms in total. The maximum absolute atomic E-state index is 13.3. The van der Waals surface area contributed by atoms with Crippen molar-refractivity contribution in [1.29, 1.82) is 0 Å². The van der Waals surface area contributed by atoms with Gasteiger partial charge in [-0.2, -0.15) is 18.3 Å². The highest BCUT2D eigenvalue weighted by molar-refractivity contribution is 6.04. The molecule has 0 fully saturated rings. The lowest BCUT2D eigenvalue weighted by atomic mass is 10.1. The second kappa shape index (κ2) is 7.45. The van der Waals surface area contributed by atoms with Crippen LogP contribution in [0.3, 0.4) is 0 Å². The molecule has 0 unspecified atom stereocenters. The van der Waals surface area contributed by atoms with Crippen molar-refractivity contribution >= 4 is 17.2 Å². The number of benzene rings is 2. The summed E-state index contributed by atoms with van der Waals surface area (Å²) in [5, 5.41) is 9.17. The third-order valence-corrected chi connectivity index (χ3v) is 3.67. The summed E-state index contributed by atoms with van der Waals surface area (Å²) in [5.74, 6) is 0.287. The number of H-pyrrole nitrogens is 1. The SMILES string of the molecule is Cc1nc(-c2ccc(NC(=O)/C=C(/c3ccccc3)C(F)(F)F)cc2)n[nH]1. The van der Waals surface area contributed by atoms with Crippen molar-refractivity contribution in [2.45, 2.75) is 13.1 Å². The van der Waals surface area contributed by atoms with Crippen LogP contribution in [0.15, 0.2) is 60.7 Å². The van der Waals surface area contributed by atoms with Crippen LogP contribution in [0.5, 0.6) is 0 Å². The number of carbonyl (C=O) groups is 1. The first-order valence-corrected chi connectivity index (χ1v) is 7.97. The normalized spacial score (nSPS) is 12.1. The minimum absolute atomic E-state index is 0.0736. The summed E-state index contributed by atoms with van der Waals surface area (Å²) in [6.45, 7) is 1.77. The number of alkyl halides is 3. The van der Waals surface area contributed by atoms with E-state index in [9.17, 15) is 18.0 Å². The summed E-state index contributed by atoms with van der Waals surface area (Å²) in [7, 11) is 0. The Bertz CT molecular complexity index is 961. The zero-order chi connectivity index (χ0) is 19.4. The summed E-state index contributed by atoms with van der Waals surface area (Å²) in [4.78, 5) is 16.3. The highest BCUT2D eigenvalue weighted by Crippen LogP contribution is 2.33. The second-order valence-electron chi connectivity index (χ2n) is 5.73. The lowest BCUT2D eigenvalue weighted by Crippen LogP contribution is -2.16. The Morgan fingerprint density at radius 1 is 1.07 bits per heavy atom. The molecule has 0 spiro atoms. The Balaban J connectivity index is 1.78. The number of aryl methyl sites for hydroxylation is 1. The molecule has 3 aromatic rings. The fourth-order valence-corrected chi connectivity index (χ4v) is 2.43. The van der Waals surface area contributed by atoms with E-state index in [1.54, 1.807) is 37.3 Å². The van der Waals surface area contributed by atoms with Crippen LogP contribution in [0.25, 0.3) is 17.0 Å². The largest absolute Gasteiger partial charge is 0.417 e. The third kappa shape index (κ3) is 4.60. The number of nitrogens with one attached hydrogen (secondary N) is 2. The lowest BCUT2D eigenvalue weighted by Gasteiger charge is -2.12. The molecule has 8 heteroatoms. The standard InChI is InChI=1S/C19H15F3N4O/c1-12-23-18(26-25-12)14-7-9-15(10-8-14)24-17(27)11-16(19(20,21)22)13-5-3-2-4-6-13/h2-11H,1H3,(H,24,27)(H,23,25,26)/b16-11-. The molecule has 3 rings (SSSR count). The van der Waals surface area contributed by atoms with Gasteiger partial charge in [-0.3, -0.25) is 9.89 Å². The Morgan fingerprint density at radius 2 is 1.74 bits per heavy atom. The highest BCUT2D eigenvalue weighted by Gasteiger charge is 2.35. The third-order valence-electron chi connectivity index (χ3n) is 3.67. The van der Waals surface area contributed by atoms with Crippen molar-refractivity contribution in [3.8, 4) is 11.4 Å². The number of nitrogens with zero attached hydrogens (tertiary/aromatic N) is 2. The Morgan fingerprint density at radius 3 is 2.30 bits per heavy atom. The molecule has 0 aliphatic carbocycles. The van der Waals surface area contributed by atoms with Gasteiger partial charge < -0.3 is 5.32 Å². The van der Waals surface area contributed by atoms with E-state index in [-0.39, 0.29) is 5.56 Å². The second-order valence-corrected chi connectivity index (χ2v) is 5.73. The van der Waals surface area contributed by atoms with Gasteiger partial charge in [0.2, 0.25) is 5.91 Å². The molecular formula is C19H15F3N4O. The molecule has 138 valence electrons. The van der Waals surface area contributed by atoms with E-state index in [1.165, 1.54) is 24.3 Å². The number of hydrogen-bond acceptors (Lipinski definition) is 3. The minimum Gasteiger partial charge on any atom is -0.322 e. The fourth-order valence-electron chi connectivity index (χ4n) is 2.43. The summed E-state index contributed by atoms with van der Waals surface area (Å²) in [6, 6.07) is 13.7. The molecular weight excluding hydrogens is 357 g/mol. The van der Waals surface area contributed by atoms with Gasteiger partial charge in [-0.1, -0.05) is 30.3 Å². The molecule has 1 amide bonds. The predicted octanol–water partition coefficient (Wildman–Crippen LogP) is 4.36. The van der Waals surface area contributed by atoms with Gasteiger partial charge in [0.25, 0.3) is 0 Å². The van der Waals surface area contributed by atoms with E-state index >= 15 is 0 Å². The van der Waals surface area contributed by atoms with Crippen molar-refractivity contribution in [3.05, 3.63) is 72.1 Å². The van der Waals surface area contributed by atoms with Crippen molar-refractivity contribution < 1.29 is 18.0 Å². The van der Waals surface area contributed by atoms with Crippen LogP contribution < -0.4 is 5.32 Å². The van der Waals surface area contributed by atoms with Gasteiger partial charge in [-0.15, -0.1) is 0 Å². The van der Waals surface area contributed by atoms with Crippen LogP contribution in [-0.4, -0.2) is 27.3 Å². The smallest absolute Gasteiger partial charge is 0.322 e. The molecule has 1 heterocycles. The molecule has 1 aromatic heterocycles. The maximum atomic E-state index is 13.3. The van der Waals surface area contributed by atoms with E-state index in [0.717, 1.165) is 0 Å². The predicted molar refractivity (Wildman–Crippen MR) is 95.7 cm³/mol. The molecule has 0 saturated heterocycles. The van der Waals surface area contributed by atoms with Gasteiger partial charge in [0.15, 0.2) is 5.82 Å². The highest BCUT2D eigenvalue weighted by atomic mass is 19.4. The van der Waals surface area contributed by atoms with Crippen LogP contribution in [0, 0.1) is 6.92 Å². The first-order chi connectivity index (χ1) is 12.8. The summed E-state index contributed by atoms with van der Waals surface area (Å²) in [5.41, 5.74) is -0.00102. The van der Waals surface area contributed by atoms with Crippen molar-refractivity contribution in [2.75, 3.05) is 5.32 Å². The summed E-state index contributed by atoms with van der Waals surface area (Å²) < 4.78 is 39.8. The maximum Gasteiger partial charge on any atom is 0.417 e. The number of anilines is 1. The van der Waals surface area contributed by atoms with E-state index in [2.05, 4.69) is 20.5 Å². The van der Waals surface area contributed by atoms with Gasteiger partial charge in [0.1, 0.15) is 5.82 Å². The van der Waals surface area contributed by atoms with Crippen LogP contribution >= 0.6 is 0 Å². The minimum atomic E-state index is -4.65. The number of carbonyl (C=O) groups excluding carboxylic acids is 1. The number of hydrogen-bond donors (Lipinski definition) is 2. The van der Waals surface area contributed by atoms with Gasteiger partial charge in [0.05, 0.1) is 5.57 Å². The van der Waals surface area contributed by atoms with Crippen molar-refractivity contribution in [3.63, 3.8) is 0 Å². The molecule has 2 aromatic carbocycles. The topological polar surface area (TPSA) is 70.7 Å². The Kier molecular flexibility index (Phi) is 5.07. The van der Waals surface area contributed by atoms with Gasteiger partial charge >= 0.3 is 6.18 Å². The number of allylic oxidation sites excluding steroid dienone is 1. The quantitative estimate of drug-likeness (QED) is 0.669. The zero-order valence-electron chi connectivity index (χ0n) is 14.2. The first kappa shape index (κ1) is 18.4. The van der Waals surface area contributed by atoms with Gasteiger partial charge in [-0.05, 0) is 36.8 Å². The lowest BCUT2D eigenvalue weighted by molar-refractivity contribution is -0.112. The molecule has 0 aliphatic rings. The summed E-state index contributed by atoms with van der Waals surface area (Å²) >= 11 is 0. The van der Waals surface area contributed by atoms with Crippen molar-refractivity contribution in [2.24, 2.45) is 0 Å². The van der Waals surface area contributed by atoms with Gasteiger partial charge in [-0.25, -0.2) is 4.98 Å². The number of aromatic amines is 1. The molecule has 0 atom stereocenters. The number of aromatic nitrogens is 3. The zero-order valence-corrected chi connectivity index (χ0v) is 14.2. The molecule has 0 radical (unpaired) electrons. The monoisotopic (exact) mass is 372 g/mol. The number of halogens is 3. The van der Waals surface area contributed by atoms with E-state index in [0.29, 0.717) is 29.0 Å². The van der Waals surface area contributed by atoms with Crippen LogP contribution in [0.2, 0.25) is 0 Å².